The van der Waals surface area contributed by atoms with E-state index in [9.17, 15) is 4.79 Å². The Kier molecular flexibility index (Phi) is 7.33. The molecule has 0 aliphatic heterocycles. The van der Waals surface area contributed by atoms with Gasteiger partial charge in [-0.05, 0) is 58.5 Å². The molecule has 2 aromatic rings. The van der Waals surface area contributed by atoms with Crippen molar-refractivity contribution in [1.29, 1.82) is 0 Å². The van der Waals surface area contributed by atoms with Crippen LogP contribution in [0.1, 0.15) is 33.7 Å². The van der Waals surface area contributed by atoms with E-state index in [4.69, 9.17) is 0 Å². The summed E-state index contributed by atoms with van der Waals surface area (Å²) in [6.45, 7) is 7.72. The molecule has 0 saturated carbocycles. The third-order valence-electron chi connectivity index (χ3n) is 3.92. The van der Waals surface area contributed by atoms with Crippen LogP contribution in [0.5, 0.6) is 0 Å². The van der Waals surface area contributed by atoms with Crippen LogP contribution in [0.15, 0.2) is 30.3 Å². The zero-order valence-corrected chi connectivity index (χ0v) is 15.1. The predicted octanol–water partition coefficient (Wildman–Crippen LogP) is 3.16. The van der Waals surface area contributed by atoms with Crippen molar-refractivity contribution >= 4 is 18.3 Å². The van der Waals surface area contributed by atoms with E-state index in [2.05, 4.69) is 34.3 Å². The lowest BCUT2D eigenvalue weighted by atomic mass is 10.2. The number of para-hydroxylation sites is 1. The van der Waals surface area contributed by atoms with Crippen LogP contribution in [0.25, 0.3) is 5.69 Å². The molecule has 4 nitrogen and oxygen atoms in total. The monoisotopic (exact) mass is 335 g/mol. The molecule has 0 spiro atoms. The van der Waals surface area contributed by atoms with Gasteiger partial charge in [-0.2, -0.15) is 0 Å². The van der Waals surface area contributed by atoms with E-state index in [0.717, 1.165) is 35.6 Å². The molecule has 0 bridgehead atoms. The van der Waals surface area contributed by atoms with E-state index in [1.807, 2.05) is 39.1 Å². The highest BCUT2D eigenvalue weighted by atomic mass is 35.5. The Morgan fingerprint density at radius 1 is 1.13 bits per heavy atom. The summed E-state index contributed by atoms with van der Waals surface area (Å²) in [5, 5.41) is 6.07. The van der Waals surface area contributed by atoms with E-state index >= 15 is 0 Å². The number of amides is 1. The Balaban J connectivity index is 0.00000264. The highest BCUT2D eigenvalue weighted by molar-refractivity contribution is 5.95. The first kappa shape index (κ1) is 19.3. The van der Waals surface area contributed by atoms with Crippen LogP contribution in [-0.4, -0.2) is 30.6 Å². The fourth-order valence-corrected chi connectivity index (χ4v) is 2.74. The average molecular weight is 336 g/mol. The summed E-state index contributed by atoms with van der Waals surface area (Å²) in [5.74, 6) is 0.00374. The summed E-state index contributed by atoms with van der Waals surface area (Å²) in [7, 11) is 1.91. The number of nitrogens with one attached hydrogen (secondary N) is 2. The van der Waals surface area contributed by atoms with Crippen molar-refractivity contribution in [3.63, 3.8) is 0 Å². The fraction of sp³-hybridized carbons (Fsp3) is 0.389. The quantitative estimate of drug-likeness (QED) is 0.796. The molecule has 23 heavy (non-hydrogen) atoms. The Labute approximate surface area is 144 Å². The van der Waals surface area contributed by atoms with Crippen molar-refractivity contribution in [2.75, 3.05) is 20.1 Å². The molecule has 0 unspecified atom stereocenters. The minimum absolute atomic E-state index is 0. The summed E-state index contributed by atoms with van der Waals surface area (Å²) < 4.78 is 2.15. The second kappa shape index (κ2) is 8.75. The molecule has 2 rings (SSSR count). The molecule has 0 aliphatic carbocycles. The lowest BCUT2D eigenvalue weighted by molar-refractivity contribution is 0.0952. The predicted molar refractivity (Wildman–Crippen MR) is 98.1 cm³/mol. The van der Waals surface area contributed by atoms with E-state index in [0.29, 0.717) is 6.54 Å². The van der Waals surface area contributed by atoms with Gasteiger partial charge in [0.25, 0.3) is 5.91 Å². The van der Waals surface area contributed by atoms with Crippen LogP contribution in [0, 0.1) is 20.8 Å². The third kappa shape index (κ3) is 4.36. The third-order valence-corrected chi connectivity index (χ3v) is 3.92. The molecular weight excluding hydrogens is 310 g/mol. The van der Waals surface area contributed by atoms with Crippen molar-refractivity contribution in [3.05, 3.63) is 52.8 Å². The number of nitrogens with zero attached hydrogens (tertiary/aromatic N) is 1. The second-order valence-electron chi connectivity index (χ2n) is 5.62. The molecule has 0 saturated heterocycles. The lowest BCUT2D eigenvalue weighted by Gasteiger charge is -2.12. The minimum Gasteiger partial charge on any atom is -0.352 e. The number of benzene rings is 1. The number of aromatic nitrogens is 1. The molecular formula is C18H26ClN3O. The number of hydrogen-bond donors (Lipinski definition) is 2. The smallest absolute Gasteiger partial charge is 0.253 e. The Hall–Kier alpha value is -1.78. The Morgan fingerprint density at radius 3 is 2.48 bits per heavy atom. The number of carbonyl (C=O) groups excluding carboxylic acids is 1. The van der Waals surface area contributed by atoms with Gasteiger partial charge in [-0.1, -0.05) is 18.2 Å². The molecule has 0 fully saturated rings. The van der Waals surface area contributed by atoms with Gasteiger partial charge in [-0.3, -0.25) is 4.79 Å². The van der Waals surface area contributed by atoms with Gasteiger partial charge >= 0.3 is 0 Å². The van der Waals surface area contributed by atoms with Crippen LogP contribution >= 0.6 is 12.4 Å². The summed E-state index contributed by atoms with van der Waals surface area (Å²) in [6.07, 6.45) is 0.929. The number of carbonyl (C=O) groups is 1. The highest BCUT2D eigenvalue weighted by Crippen LogP contribution is 2.23. The Morgan fingerprint density at radius 2 is 1.83 bits per heavy atom. The summed E-state index contributed by atoms with van der Waals surface area (Å²) in [6, 6.07) is 10.2. The number of rotatable bonds is 6. The number of hydrogen-bond acceptors (Lipinski definition) is 2. The first-order chi connectivity index (χ1) is 10.6. The largest absolute Gasteiger partial charge is 0.352 e. The molecule has 0 aliphatic rings. The van der Waals surface area contributed by atoms with Crippen LogP contribution in [0.4, 0.5) is 0 Å². The van der Waals surface area contributed by atoms with Crippen molar-refractivity contribution in [2.24, 2.45) is 0 Å². The normalized spacial score (nSPS) is 10.3. The van der Waals surface area contributed by atoms with Crippen LogP contribution in [-0.2, 0) is 0 Å². The maximum atomic E-state index is 12.4. The second-order valence-corrected chi connectivity index (χ2v) is 5.62. The first-order valence-electron chi connectivity index (χ1n) is 7.74. The Bertz CT molecular complexity index is 664. The lowest BCUT2D eigenvalue weighted by Crippen LogP contribution is -2.26. The SMILES string of the molecule is CNCCCNC(=O)c1cc(C)n(-c2ccccc2C)c1C.Cl. The molecule has 0 radical (unpaired) electrons. The molecule has 5 heteroatoms. The zero-order valence-electron chi connectivity index (χ0n) is 14.3. The standard InChI is InChI=1S/C18H25N3O.ClH/c1-13-8-5-6-9-17(13)21-14(2)12-16(15(21)3)18(22)20-11-7-10-19-4;/h5-6,8-9,12,19H,7,10-11H2,1-4H3,(H,20,22);1H. The zero-order chi connectivity index (χ0) is 16.1. The average Bonchev–Trinajstić information content (AvgIpc) is 2.79. The van der Waals surface area contributed by atoms with Crippen LogP contribution in [0.3, 0.4) is 0 Å². The van der Waals surface area contributed by atoms with E-state index in [1.165, 1.54) is 5.56 Å². The number of aryl methyl sites for hydroxylation is 2. The van der Waals surface area contributed by atoms with Gasteiger partial charge in [-0.25, -0.2) is 0 Å². The van der Waals surface area contributed by atoms with Gasteiger partial charge < -0.3 is 15.2 Å². The fourth-order valence-electron chi connectivity index (χ4n) is 2.74. The first-order valence-corrected chi connectivity index (χ1v) is 7.74. The van der Waals surface area contributed by atoms with E-state index < -0.39 is 0 Å². The van der Waals surface area contributed by atoms with Crippen molar-refractivity contribution in [1.82, 2.24) is 15.2 Å². The molecule has 1 aromatic carbocycles. The summed E-state index contributed by atoms with van der Waals surface area (Å²) in [5.41, 5.74) is 5.15. The van der Waals surface area contributed by atoms with Gasteiger partial charge in [0.05, 0.1) is 5.56 Å². The molecule has 1 aromatic heterocycles. The van der Waals surface area contributed by atoms with Crippen molar-refractivity contribution in [3.8, 4) is 5.69 Å². The van der Waals surface area contributed by atoms with Gasteiger partial charge in [0, 0.05) is 23.6 Å². The van der Waals surface area contributed by atoms with Gasteiger partial charge in [0.2, 0.25) is 0 Å². The topological polar surface area (TPSA) is 46.1 Å². The van der Waals surface area contributed by atoms with E-state index in [1.54, 1.807) is 0 Å². The van der Waals surface area contributed by atoms with Gasteiger partial charge in [-0.15, -0.1) is 12.4 Å². The van der Waals surface area contributed by atoms with Crippen LogP contribution < -0.4 is 10.6 Å². The van der Waals surface area contributed by atoms with Crippen molar-refractivity contribution < 1.29 is 4.79 Å². The summed E-state index contributed by atoms with van der Waals surface area (Å²) in [4.78, 5) is 12.4. The molecule has 2 N–H and O–H groups in total. The molecule has 1 heterocycles. The van der Waals surface area contributed by atoms with Crippen LogP contribution in [0.2, 0.25) is 0 Å². The number of halogens is 1. The van der Waals surface area contributed by atoms with Crippen molar-refractivity contribution in [2.45, 2.75) is 27.2 Å². The van der Waals surface area contributed by atoms with Gasteiger partial charge in [0.1, 0.15) is 0 Å². The molecule has 0 atom stereocenters. The molecule has 126 valence electrons. The molecule has 1 amide bonds. The summed E-state index contributed by atoms with van der Waals surface area (Å²) >= 11 is 0. The maximum Gasteiger partial charge on any atom is 0.253 e. The van der Waals surface area contributed by atoms with E-state index in [-0.39, 0.29) is 18.3 Å². The maximum absolute atomic E-state index is 12.4. The van der Waals surface area contributed by atoms with Gasteiger partial charge in [0.15, 0.2) is 0 Å². The minimum atomic E-state index is 0. The highest BCUT2D eigenvalue weighted by Gasteiger charge is 2.16.